The highest BCUT2D eigenvalue weighted by atomic mass is 35.5. The molecule has 0 amide bonds. The SMILES string of the molecule is CCC(NCC1(N(C)C)CCCC1)c1ccc(Cl)cc1. The zero-order chi connectivity index (χ0) is 14.6. The van der Waals surface area contributed by atoms with E-state index in [9.17, 15) is 0 Å². The minimum Gasteiger partial charge on any atom is -0.308 e. The molecule has 1 aliphatic carbocycles. The first-order chi connectivity index (χ1) is 9.57. The van der Waals surface area contributed by atoms with Crippen molar-refractivity contribution in [2.75, 3.05) is 20.6 Å². The predicted molar refractivity (Wildman–Crippen MR) is 87.4 cm³/mol. The Hall–Kier alpha value is -0.570. The van der Waals surface area contributed by atoms with Crippen molar-refractivity contribution >= 4 is 11.6 Å². The van der Waals surface area contributed by atoms with Crippen molar-refractivity contribution in [3.8, 4) is 0 Å². The molecule has 0 radical (unpaired) electrons. The van der Waals surface area contributed by atoms with Gasteiger partial charge in [0.2, 0.25) is 0 Å². The van der Waals surface area contributed by atoms with Crippen LogP contribution in [0.1, 0.15) is 50.6 Å². The van der Waals surface area contributed by atoms with Crippen LogP contribution in [-0.2, 0) is 0 Å². The molecule has 3 heteroatoms. The van der Waals surface area contributed by atoms with Gasteiger partial charge >= 0.3 is 0 Å². The summed E-state index contributed by atoms with van der Waals surface area (Å²) in [4.78, 5) is 2.42. The number of halogens is 1. The molecule has 2 rings (SSSR count). The molecule has 1 saturated carbocycles. The molecule has 1 aromatic rings. The summed E-state index contributed by atoms with van der Waals surface area (Å²) in [7, 11) is 4.44. The fraction of sp³-hybridized carbons (Fsp3) is 0.647. The molecule has 20 heavy (non-hydrogen) atoms. The molecule has 1 N–H and O–H groups in total. The lowest BCUT2D eigenvalue weighted by molar-refractivity contribution is 0.148. The Morgan fingerprint density at radius 2 is 1.80 bits per heavy atom. The lowest BCUT2D eigenvalue weighted by Gasteiger charge is -2.38. The van der Waals surface area contributed by atoms with Crippen LogP contribution >= 0.6 is 11.6 Å². The predicted octanol–water partition coefficient (Wildman–Crippen LogP) is 4.26. The molecular formula is C17H27ClN2. The summed E-state index contributed by atoms with van der Waals surface area (Å²) in [5, 5.41) is 4.59. The summed E-state index contributed by atoms with van der Waals surface area (Å²) in [6, 6.07) is 8.67. The van der Waals surface area contributed by atoms with Gasteiger partial charge in [0.05, 0.1) is 0 Å². The lowest BCUT2D eigenvalue weighted by atomic mass is 9.94. The fourth-order valence-corrected chi connectivity index (χ4v) is 3.45. The van der Waals surface area contributed by atoms with Crippen LogP contribution in [0.15, 0.2) is 24.3 Å². The number of nitrogens with zero attached hydrogens (tertiary/aromatic N) is 1. The Labute approximate surface area is 128 Å². The molecule has 0 aromatic heterocycles. The zero-order valence-electron chi connectivity index (χ0n) is 13.0. The van der Waals surface area contributed by atoms with Crippen LogP contribution in [0.5, 0.6) is 0 Å². The molecule has 0 bridgehead atoms. The number of hydrogen-bond donors (Lipinski definition) is 1. The van der Waals surface area contributed by atoms with Gasteiger partial charge in [-0.05, 0) is 51.1 Å². The minimum atomic E-state index is 0.347. The molecule has 112 valence electrons. The highest BCUT2D eigenvalue weighted by Gasteiger charge is 2.35. The van der Waals surface area contributed by atoms with Crippen LogP contribution in [0.2, 0.25) is 5.02 Å². The van der Waals surface area contributed by atoms with Crippen molar-refractivity contribution in [2.24, 2.45) is 0 Å². The molecule has 1 atom stereocenters. The Bertz CT molecular complexity index is 408. The van der Waals surface area contributed by atoms with Gasteiger partial charge in [-0.1, -0.05) is 43.5 Å². The largest absolute Gasteiger partial charge is 0.308 e. The lowest BCUT2D eigenvalue weighted by Crippen LogP contribution is -2.50. The van der Waals surface area contributed by atoms with Crippen molar-refractivity contribution in [1.29, 1.82) is 0 Å². The molecule has 0 spiro atoms. The van der Waals surface area contributed by atoms with E-state index in [0.717, 1.165) is 18.0 Å². The van der Waals surface area contributed by atoms with E-state index in [1.165, 1.54) is 31.2 Å². The van der Waals surface area contributed by atoms with Gasteiger partial charge in [-0.3, -0.25) is 0 Å². The van der Waals surface area contributed by atoms with Crippen LogP contribution in [0, 0.1) is 0 Å². The highest BCUT2D eigenvalue weighted by Crippen LogP contribution is 2.34. The molecule has 0 saturated heterocycles. The van der Waals surface area contributed by atoms with Gasteiger partial charge in [0.25, 0.3) is 0 Å². The standard InChI is InChI=1S/C17H27ClN2/c1-4-16(14-7-9-15(18)10-8-14)19-13-17(20(2)3)11-5-6-12-17/h7-10,16,19H,4-6,11-13H2,1-3H3. The van der Waals surface area contributed by atoms with Gasteiger partial charge in [0.1, 0.15) is 0 Å². The maximum absolute atomic E-state index is 5.98. The second kappa shape index (κ2) is 6.93. The maximum atomic E-state index is 5.98. The summed E-state index contributed by atoms with van der Waals surface area (Å²) in [6.45, 7) is 3.31. The first kappa shape index (κ1) is 15.8. The van der Waals surface area contributed by atoms with E-state index in [2.05, 4.69) is 43.4 Å². The molecule has 1 aliphatic rings. The van der Waals surface area contributed by atoms with Crippen LogP contribution in [0.4, 0.5) is 0 Å². The first-order valence-corrected chi connectivity index (χ1v) is 8.11. The Morgan fingerprint density at radius 3 is 2.30 bits per heavy atom. The molecule has 1 unspecified atom stereocenters. The average Bonchev–Trinajstić information content (AvgIpc) is 2.91. The monoisotopic (exact) mass is 294 g/mol. The zero-order valence-corrected chi connectivity index (χ0v) is 13.7. The van der Waals surface area contributed by atoms with E-state index in [0.29, 0.717) is 11.6 Å². The molecule has 0 heterocycles. The third kappa shape index (κ3) is 3.55. The van der Waals surface area contributed by atoms with Gasteiger partial charge in [-0.15, -0.1) is 0 Å². The minimum absolute atomic E-state index is 0.347. The summed E-state index contributed by atoms with van der Waals surface area (Å²) in [6.07, 6.45) is 6.44. The molecule has 0 aliphatic heterocycles. The molecule has 1 aromatic carbocycles. The smallest absolute Gasteiger partial charge is 0.0406 e. The Balaban J connectivity index is 2.01. The van der Waals surface area contributed by atoms with Gasteiger partial charge in [-0.2, -0.15) is 0 Å². The summed E-state index contributed by atoms with van der Waals surface area (Å²) < 4.78 is 0. The number of benzene rings is 1. The van der Waals surface area contributed by atoms with Crippen molar-refractivity contribution in [3.63, 3.8) is 0 Å². The highest BCUT2D eigenvalue weighted by molar-refractivity contribution is 6.30. The normalized spacial score (nSPS) is 19.4. The van der Waals surface area contributed by atoms with Gasteiger partial charge in [0, 0.05) is 23.1 Å². The summed E-state index contributed by atoms with van der Waals surface area (Å²) in [5.74, 6) is 0. The Morgan fingerprint density at radius 1 is 1.20 bits per heavy atom. The van der Waals surface area contributed by atoms with Gasteiger partial charge < -0.3 is 10.2 Å². The quantitative estimate of drug-likeness (QED) is 0.843. The number of likely N-dealkylation sites (N-methyl/N-ethyl adjacent to an activating group) is 1. The van der Waals surface area contributed by atoms with E-state index < -0.39 is 0 Å². The van der Waals surface area contributed by atoms with Crippen LogP contribution in [0.3, 0.4) is 0 Å². The molecule has 1 fully saturated rings. The van der Waals surface area contributed by atoms with Crippen LogP contribution in [-0.4, -0.2) is 31.1 Å². The topological polar surface area (TPSA) is 15.3 Å². The third-order valence-electron chi connectivity index (χ3n) is 4.84. The van der Waals surface area contributed by atoms with Crippen LogP contribution in [0.25, 0.3) is 0 Å². The van der Waals surface area contributed by atoms with Gasteiger partial charge in [-0.25, -0.2) is 0 Å². The molecule has 2 nitrogen and oxygen atoms in total. The summed E-state index contributed by atoms with van der Waals surface area (Å²) >= 11 is 5.98. The van der Waals surface area contributed by atoms with Crippen LogP contribution < -0.4 is 5.32 Å². The second-order valence-corrected chi connectivity index (χ2v) is 6.66. The molecular weight excluding hydrogens is 268 g/mol. The third-order valence-corrected chi connectivity index (χ3v) is 5.09. The van der Waals surface area contributed by atoms with Gasteiger partial charge in [0.15, 0.2) is 0 Å². The van der Waals surface area contributed by atoms with Crippen molar-refractivity contribution < 1.29 is 0 Å². The Kier molecular flexibility index (Phi) is 5.48. The second-order valence-electron chi connectivity index (χ2n) is 6.22. The van der Waals surface area contributed by atoms with E-state index in [4.69, 9.17) is 11.6 Å². The first-order valence-electron chi connectivity index (χ1n) is 7.74. The summed E-state index contributed by atoms with van der Waals surface area (Å²) in [5.41, 5.74) is 1.68. The fourth-order valence-electron chi connectivity index (χ4n) is 3.32. The van der Waals surface area contributed by atoms with E-state index in [1.54, 1.807) is 0 Å². The van der Waals surface area contributed by atoms with E-state index in [1.807, 2.05) is 12.1 Å². The maximum Gasteiger partial charge on any atom is 0.0406 e. The van der Waals surface area contributed by atoms with E-state index >= 15 is 0 Å². The van der Waals surface area contributed by atoms with Crippen molar-refractivity contribution in [3.05, 3.63) is 34.9 Å². The van der Waals surface area contributed by atoms with Crippen molar-refractivity contribution in [1.82, 2.24) is 10.2 Å². The number of nitrogens with one attached hydrogen (secondary N) is 1. The average molecular weight is 295 g/mol. The van der Waals surface area contributed by atoms with Crippen molar-refractivity contribution in [2.45, 2.75) is 50.6 Å². The van der Waals surface area contributed by atoms with E-state index in [-0.39, 0.29) is 0 Å². The number of hydrogen-bond acceptors (Lipinski definition) is 2. The number of rotatable bonds is 6.